The second-order valence-electron chi connectivity index (χ2n) is 6.56. The average molecular weight is 375 g/mol. The van der Waals surface area contributed by atoms with Crippen LogP contribution in [0.15, 0.2) is 29.8 Å². The molecule has 0 aromatic heterocycles. The Balaban J connectivity index is 1.64. The van der Waals surface area contributed by atoms with Crippen LogP contribution < -0.4 is 14.8 Å². The molecule has 1 amide bonds. The SMILES string of the molecule is COc1ccc(CCC(=O)OCC(=O)NCCC2=CCCCC2)cc1OC. The zero-order valence-electron chi connectivity index (χ0n) is 16.2. The molecule has 2 rings (SSSR count). The number of esters is 1. The van der Waals surface area contributed by atoms with Gasteiger partial charge in [0.15, 0.2) is 18.1 Å². The normalized spacial score (nSPS) is 13.5. The quantitative estimate of drug-likeness (QED) is 0.502. The van der Waals surface area contributed by atoms with Crippen molar-refractivity contribution in [2.45, 2.75) is 44.9 Å². The molecule has 1 aliphatic carbocycles. The minimum Gasteiger partial charge on any atom is -0.493 e. The molecule has 6 nitrogen and oxygen atoms in total. The van der Waals surface area contributed by atoms with E-state index < -0.39 is 5.97 Å². The molecule has 1 N–H and O–H groups in total. The van der Waals surface area contributed by atoms with E-state index >= 15 is 0 Å². The van der Waals surface area contributed by atoms with Gasteiger partial charge >= 0.3 is 5.97 Å². The Labute approximate surface area is 160 Å². The van der Waals surface area contributed by atoms with Crippen LogP contribution in [0.1, 0.15) is 44.1 Å². The van der Waals surface area contributed by atoms with Crippen molar-refractivity contribution in [3.63, 3.8) is 0 Å². The Morgan fingerprint density at radius 2 is 1.89 bits per heavy atom. The summed E-state index contributed by atoms with van der Waals surface area (Å²) in [6.45, 7) is 0.359. The predicted molar refractivity (Wildman–Crippen MR) is 103 cm³/mol. The van der Waals surface area contributed by atoms with Crippen molar-refractivity contribution in [3.8, 4) is 11.5 Å². The number of hydrogen-bond donors (Lipinski definition) is 1. The molecule has 6 heteroatoms. The van der Waals surface area contributed by atoms with Gasteiger partial charge in [-0.1, -0.05) is 17.7 Å². The molecule has 0 atom stereocenters. The lowest BCUT2D eigenvalue weighted by molar-refractivity contribution is -0.148. The van der Waals surface area contributed by atoms with E-state index in [-0.39, 0.29) is 18.9 Å². The first-order chi connectivity index (χ1) is 13.1. The number of benzene rings is 1. The Bertz CT molecular complexity index is 669. The number of aryl methyl sites for hydroxylation is 1. The van der Waals surface area contributed by atoms with E-state index in [1.807, 2.05) is 12.1 Å². The van der Waals surface area contributed by atoms with Crippen LogP contribution in [0.25, 0.3) is 0 Å². The van der Waals surface area contributed by atoms with Gasteiger partial charge in [-0.25, -0.2) is 0 Å². The largest absolute Gasteiger partial charge is 0.493 e. The molecule has 0 fully saturated rings. The second kappa shape index (κ2) is 11.3. The van der Waals surface area contributed by atoms with Crippen molar-refractivity contribution < 1.29 is 23.8 Å². The minimum atomic E-state index is -0.394. The van der Waals surface area contributed by atoms with Crippen molar-refractivity contribution >= 4 is 11.9 Å². The Kier molecular flexibility index (Phi) is 8.68. The molecule has 0 bridgehead atoms. The van der Waals surface area contributed by atoms with Crippen molar-refractivity contribution in [1.82, 2.24) is 5.32 Å². The summed E-state index contributed by atoms with van der Waals surface area (Å²) in [6.07, 6.45) is 8.61. The molecule has 0 saturated heterocycles. The first kappa shape index (κ1) is 20.8. The van der Waals surface area contributed by atoms with E-state index in [1.54, 1.807) is 20.3 Å². The Morgan fingerprint density at radius 3 is 2.59 bits per heavy atom. The third kappa shape index (κ3) is 7.33. The standard InChI is InChI=1S/C21H29NO5/c1-25-18-10-8-17(14-19(18)26-2)9-11-21(24)27-15-20(23)22-13-12-16-6-4-3-5-7-16/h6,8,10,14H,3-5,7,9,11-13,15H2,1-2H3,(H,22,23). The van der Waals surface area contributed by atoms with E-state index in [9.17, 15) is 9.59 Å². The van der Waals surface area contributed by atoms with Gasteiger partial charge in [0.2, 0.25) is 0 Å². The first-order valence-corrected chi connectivity index (χ1v) is 9.43. The highest BCUT2D eigenvalue weighted by Crippen LogP contribution is 2.28. The van der Waals surface area contributed by atoms with Crippen LogP contribution in [0.3, 0.4) is 0 Å². The lowest BCUT2D eigenvalue weighted by atomic mass is 9.97. The van der Waals surface area contributed by atoms with Crippen molar-refractivity contribution in [2.75, 3.05) is 27.4 Å². The first-order valence-electron chi connectivity index (χ1n) is 9.43. The lowest BCUT2D eigenvalue weighted by Gasteiger charge is -2.13. The average Bonchev–Trinajstić information content (AvgIpc) is 2.71. The maximum atomic E-state index is 11.9. The molecule has 1 aliphatic rings. The van der Waals surface area contributed by atoms with E-state index in [4.69, 9.17) is 14.2 Å². The fourth-order valence-corrected chi connectivity index (χ4v) is 3.05. The number of amides is 1. The highest BCUT2D eigenvalue weighted by Gasteiger charge is 2.10. The molecule has 1 aromatic rings. The van der Waals surface area contributed by atoms with Crippen LogP contribution in [0, 0.1) is 0 Å². The molecular weight excluding hydrogens is 346 g/mol. The summed E-state index contributed by atoms with van der Waals surface area (Å²) in [6, 6.07) is 5.51. The summed E-state index contributed by atoms with van der Waals surface area (Å²) in [7, 11) is 3.14. The smallest absolute Gasteiger partial charge is 0.306 e. The van der Waals surface area contributed by atoms with E-state index in [0.29, 0.717) is 24.5 Å². The Hall–Kier alpha value is -2.50. The number of rotatable bonds is 10. The van der Waals surface area contributed by atoms with Gasteiger partial charge in [-0.2, -0.15) is 0 Å². The minimum absolute atomic E-state index is 0.204. The van der Waals surface area contributed by atoms with Gasteiger partial charge in [0, 0.05) is 13.0 Å². The van der Waals surface area contributed by atoms with Gasteiger partial charge in [0.1, 0.15) is 0 Å². The van der Waals surface area contributed by atoms with Gasteiger partial charge in [0.05, 0.1) is 14.2 Å². The molecule has 0 radical (unpaired) electrons. The number of methoxy groups -OCH3 is 2. The van der Waals surface area contributed by atoms with Crippen molar-refractivity contribution in [3.05, 3.63) is 35.4 Å². The summed E-state index contributed by atoms with van der Waals surface area (Å²) in [5.74, 6) is 0.612. The molecule has 0 aliphatic heterocycles. The van der Waals surface area contributed by atoms with Crippen molar-refractivity contribution in [2.24, 2.45) is 0 Å². The second-order valence-corrected chi connectivity index (χ2v) is 6.56. The van der Waals surface area contributed by atoms with Gasteiger partial charge < -0.3 is 19.5 Å². The summed E-state index contributed by atoms with van der Waals surface area (Å²) >= 11 is 0. The molecule has 0 unspecified atom stereocenters. The highest BCUT2D eigenvalue weighted by atomic mass is 16.5. The number of hydrogen-bond acceptors (Lipinski definition) is 5. The zero-order chi connectivity index (χ0) is 19.5. The van der Waals surface area contributed by atoms with Crippen LogP contribution in [0.2, 0.25) is 0 Å². The fourth-order valence-electron chi connectivity index (χ4n) is 3.05. The maximum Gasteiger partial charge on any atom is 0.306 e. The van der Waals surface area contributed by atoms with E-state index in [1.165, 1.54) is 18.4 Å². The fraction of sp³-hybridized carbons (Fsp3) is 0.524. The number of ether oxygens (including phenoxy) is 3. The monoisotopic (exact) mass is 375 g/mol. The third-order valence-corrected chi connectivity index (χ3v) is 4.58. The number of allylic oxidation sites excluding steroid dienone is 1. The van der Waals surface area contributed by atoms with Gasteiger partial charge in [0.25, 0.3) is 5.91 Å². The summed E-state index contributed by atoms with van der Waals surface area (Å²) in [5, 5.41) is 2.80. The topological polar surface area (TPSA) is 73.9 Å². The third-order valence-electron chi connectivity index (χ3n) is 4.58. The summed E-state index contributed by atoms with van der Waals surface area (Å²) in [5.41, 5.74) is 2.35. The predicted octanol–water partition coefficient (Wildman–Crippen LogP) is 3.19. The Morgan fingerprint density at radius 1 is 1.07 bits per heavy atom. The molecule has 0 saturated carbocycles. The number of carbonyl (C=O) groups excluding carboxylic acids is 2. The van der Waals surface area contributed by atoms with E-state index in [2.05, 4.69) is 11.4 Å². The van der Waals surface area contributed by atoms with Crippen LogP contribution in [-0.4, -0.2) is 39.2 Å². The van der Waals surface area contributed by atoms with Crippen molar-refractivity contribution in [1.29, 1.82) is 0 Å². The number of carbonyl (C=O) groups is 2. The molecule has 1 aromatic carbocycles. The van der Waals surface area contributed by atoms with Gasteiger partial charge in [-0.15, -0.1) is 0 Å². The molecule has 27 heavy (non-hydrogen) atoms. The van der Waals surface area contributed by atoms with Crippen LogP contribution in [0.4, 0.5) is 0 Å². The van der Waals surface area contributed by atoms with Gasteiger partial charge in [-0.05, 0) is 56.2 Å². The van der Waals surface area contributed by atoms with Crippen LogP contribution >= 0.6 is 0 Å². The highest BCUT2D eigenvalue weighted by molar-refractivity contribution is 5.80. The van der Waals surface area contributed by atoms with Crippen LogP contribution in [-0.2, 0) is 20.7 Å². The van der Waals surface area contributed by atoms with Crippen LogP contribution in [0.5, 0.6) is 11.5 Å². The molecule has 148 valence electrons. The zero-order valence-corrected chi connectivity index (χ0v) is 16.2. The number of nitrogens with one attached hydrogen (secondary N) is 1. The summed E-state index contributed by atoms with van der Waals surface area (Å²) in [4.78, 5) is 23.6. The molecular formula is C21H29NO5. The molecule has 0 heterocycles. The lowest BCUT2D eigenvalue weighted by Crippen LogP contribution is -2.29. The molecule has 0 spiro atoms. The summed E-state index contributed by atoms with van der Waals surface area (Å²) < 4.78 is 15.5. The van der Waals surface area contributed by atoms with E-state index in [0.717, 1.165) is 24.8 Å². The maximum absolute atomic E-state index is 11.9. The van der Waals surface area contributed by atoms with Gasteiger partial charge in [-0.3, -0.25) is 9.59 Å².